The molecule has 4 atom stereocenters. The lowest BCUT2D eigenvalue weighted by molar-refractivity contribution is 0.0339. The van der Waals surface area contributed by atoms with Gasteiger partial charge in [-0.25, -0.2) is 0 Å². The number of likely N-dealkylation sites (tertiary alicyclic amines) is 1. The SMILES string of the molecule is CC1CN(C(CN)C2CCCO2)CC1N(C)C. The van der Waals surface area contributed by atoms with Gasteiger partial charge in [0.2, 0.25) is 0 Å². The van der Waals surface area contributed by atoms with Gasteiger partial charge in [0, 0.05) is 38.3 Å². The van der Waals surface area contributed by atoms with Crippen LogP contribution in [0, 0.1) is 5.92 Å². The summed E-state index contributed by atoms with van der Waals surface area (Å²) < 4.78 is 5.81. The van der Waals surface area contributed by atoms with Gasteiger partial charge in [-0.15, -0.1) is 0 Å². The fourth-order valence-electron chi connectivity index (χ4n) is 3.37. The molecule has 4 heteroatoms. The first-order chi connectivity index (χ1) is 8.13. The third kappa shape index (κ3) is 2.81. The fourth-order valence-corrected chi connectivity index (χ4v) is 3.37. The normalized spacial score (nSPS) is 36.9. The van der Waals surface area contributed by atoms with Crippen molar-refractivity contribution in [3.8, 4) is 0 Å². The average molecular weight is 241 g/mol. The molecule has 0 aromatic rings. The Morgan fingerprint density at radius 1 is 1.41 bits per heavy atom. The van der Waals surface area contributed by atoms with Crippen LogP contribution < -0.4 is 5.73 Å². The molecule has 4 nitrogen and oxygen atoms in total. The molecule has 0 spiro atoms. The van der Waals surface area contributed by atoms with Gasteiger partial charge in [-0.3, -0.25) is 4.90 Å². The van der Waals surface area contributed by atoms with Gasteiger partial charge >= 0.3 is 0 Å². The van der Waals surface area contributed by atoms with Crippen molar-refractivity contribution in [2.45, 2.75) is 38.0 Å². The summed E-state index contributed by atoms with van der Waals surface area (Å²) in [5.41, 5.74) is 5.96. The molecule has 2 heterocycles. The molecule has 0 aromatic heterocycles. The number of hydrogen-bond acceptors (Lipinski definition) is 4. The van der Waals surface area contributed by atoms with E-state index in [1.807, 2.05) is 0 Å². The summed E-state index contributed by atoms with van der Waals surface area (Å²) in [5.74, 6) is 0.723. The summed E-state index contributed by atoms with van der Waals surface area (Å²) in [6, 6.07) is 1.08. The van der Waals surface area contributed by atoms with Gasteiger partial charge in [0.1, 0.15) is 0 Å². The predicted octanol–water partition coefficient (Wildman–Crippen LogP) is 0.375. The highest BCUT2D eigenvalue weighted by atomic mass is 16.5. The van der Waals surface area contributed by atoms with Crippen LogP contribution in [-0.2, 0) is 4.74 Å². The van der Waals surface area contributed by atoms with Crippen LogP contribution >= 0.6 is 0 Å². The van der Waals surface area contributed by atoms with Crippen LogP contribution in [0.25, 0.3) is 0 Å². The van der Waals surface area contributed by atoms with Crippen molar-refractivity contribution in [2.24, 2.45) is 11.7 Å². The summed E-state index contributed by atoms with van der Waals surface area (Å²) in [6.45, 7) is 6.27. The van der Waals surface area contributed by atoms with Gasteiger partial charge in [-0.2, -0.15) is 0 Å². The Hall–Kier alpha value is -0.160. The van der Waals surface area contributed by atoms with Crippen molar-refractivity contribution in [3.05, 3.63) is 0 Å². The molecule has 4 unspecified atom stereocenters. The van der Waals surface area contributed by atoms with E-state index in [-0.39, 0.29) is 0 Å². The quantitative estimate of drug-likeness (QED) is 0.772. The maximum atomic E-state index is 5.96. The number of hydrogen-bond donors (Lipinski definition) is 1. The van der Waals surface area contributed by atoms with Crippen molar-refractivity contribution in [2.75, 3.05) is 40.3 Å². The van der Waals surface area contributed by atoms with E-state index in [2.05, 4.69) is 30.8 Å². The first-order valence-electron chi connectivity index (χ1n) is 6.85. The number of nitrogens with zero attached hydrogens (tertiary/aromatic N) is 2. The second-order valence-corrected chi connectivity index (χ2v) is 5.82. The first kappa shape index (κ1) is 13.3. The standard InChI is InChI=1S/C13H27N3O/c1-10-8-16(9-12(10)15(2)3)11(7-14)13-5-4-6-17-13/h10-13H,4-9,14H2,1-3H3. The Morgan fingerprint density at radius 2 is 2.18 bits per heavy atom. The van der Waals surface area contributed by atoms with Gasteiger partial charge in [0.05, 0.1) is 6.10 Å². The Kier molecular flexibility index (Phi) is 4.42. The van der Waals surface area contributed by atoms with Crippen LogP contribution in [0.3, 0.4) is 0 Å². The van der Waals surface area contributed by atoms with Crippen molar-refractivity contribution in [3.63, 3.8) is 0 Å². The molecule has 2 fully saturated rings. The fraction of sp³-hybridized carbons (Fsp3) is 1.00. The van der Waals surface area contributed by atoms with Gasteiger partial charge in [0.25, 0.3) is 0 Å². The number of rotatable bonds is 4. The molecule has 0 bridgehead atoms. The van der Waals surface area contributed by atoms with Gasteiger partial charge in [0.15, 0.2) is 0 Å². The maximum Gasteiger partial charge on any atom is 0.0743 e. The zero-order valence-electron chi connectivity index (χ0n) is 11.4. The molecule has 0 aliphatic carbocycles. The molecular weight excluding hydrogens is 214 g/mol. The molecule has 17 heavy (non-hydrogen) atoms. The van der Waals surface area contributed by atoms with Crippen LogP contribution in [0.15, 0.2) is 0 Å². The zero-order valence-corrected chi connectivity index (χ0v) is 11.4. The number of ether oxygens (including phenoxy) is 1. The zero-order chi connectivity index (χ0) is 12.4. The van der Waals surface area contributed by atoms with E-state index in [9.17, 15) is 0 Å². The largest absolute Gasteiger partial charge is 0.377 e. The topological polar surface area (TPSA) is 41.7 Å². The third-order valence-electron chi connectivity index (χ3n) is 4.37. The van der Waals surface area contributed by atoms with Crippen molar-refractivity contribution < 1.29 is 4.74 Å². The average Bonchev–Trinajstić information content (AvgIpc) is 2.89. The lowest BCUT2D eigenvalue weighted by Crippen LogP contribution is -2.48. The lowest BCUT2D eigenvalue weighted by Gasteiger charge is -2.31. The highest BCUT2D eigenvalue weighted by Crippen LogP contribution is 2.26. The van der Waals surface area contributed by atoms with E-state index in [0.29, 0.717) is 18.2 Å². The Bertz CT molecular complexity index is 241. The molecule has 0 saturated carbocycles. The minimum absolute atomic E-state index is 0.369. The molecule has 0 amide bonds. The second kappa shape index (κ2) is 5.65. The lowest BCUT2D eigenvalue weighted by atomic mass is 10.1. The van der Waals surface area contributed by atoms with E-state index in [1.54, 1.807) is 0 Å². The Balaban J connectivity index is 1.97. The third-order valence-corrected chi connectivity index (χ3v) is 4.37. The van der Waals surface area contributed by atoms with E-state index in [4.69, 9.17) is 10.5 Å². The molecule has 100 valence electrons. The van der Waals surface area contributed by atoms with Crippen LogP contribution in [0.4, 0.5) is 0 Å². The van der Waals surface area contributed by atoms with Crippen molar-refractivity contribution in [1.82, 2.24) is 9.80 Å². The van der Waals surface area contributed by atoms with E-state index in [1.165, 1.54) is 12.8 Å². The Morgan fingerprint density at radius 3 is 2.65 bits per heavy atom. The van der Waals surface area contributed by atoms with Crippen LogP contribution in [0.5, 0.6) is 0 Å². The number of nitrogens with two attached hydrogens (primary N) is 1. The summed E-state index contributed by atoms with van der Waals surface area (Å²) in [7, 11) is 4.35. The molecule has 2 aliphatic heterocycles. The van der Waals surface area contributed by atoms with Gasteiger partial charge in [-0.05, 0) is 32.9 Å². The summed E-state index contributed by atoms with van der Waals surface area (Å²) >= 11 is 0. The Labute approximate surface area is 105 Å². The molecule has 2 rings (SSSR count). The first-order valence-corrected chi connectivity index (χ1v) is 6.85. The number of likely N-dealkylation sites (N-methyl/N-ethyl adjacent to an activating group) is 1. The highest BCUT2D eigenvalue weighted by molar-refractivity contribution is 4.93. The molecule has 0 aromatic carbocycles. The molecule has 2 saturated heterocycles. The van der Waals surface area contributed by atoms with E-state index in [0.717, 1.165) is 32.2 Å². The maximum absolute atomic E-state index is 5.96. The second-order valence-electron chi connectivity index (χ2n) is 5.82. The van der Waals surface area contributed by atoms with Crippen molar-refractivity contribution >= 4 is 0 Å². The molecule has 2 aliphatic rings. The molecule has 0 radical (unpaired) electrons. The van der Waals surface area contributed by atoms with Crippen molar-refractivity contribution in [1.29, 1.82) is 0 Å². The van der Waals surface area contributed by atoms with Crippen LogP contribution in [0.2, 0.25) is 0 Å². The minimum atomic E-state index is 0.369. The van der Waals surface area contributed by atoms with Crippen LogP contribution in [0.1, 0.15) is 19.8 Å². The van der Waals surface area contributed by atoms with Gasteiger partial charge in [-0.1, -0.05) is 6.92 Å². The van der Waals surface area contributed by atoms with E-state index >= 15 is 0 Å². The summed E-state index contributed by atoms with van der Waals surface area (Å²) in [4.78, 5) is 4.89. The summed E-state index contributed by atoms with van der Waals surface area (Å²) in [6.07, 6.45) is 2.74. The monoisotopic (exact) mass is 241 g/mol. The molecule has 2 N–H and O–H groups in total. The minimum Gasteiger partial charge on any atom is -0.377 e. The predicted molar refractivity (Wildman–Crippen MR) is 70.0 cm³/mol. The van der Waals surface area contributed by atoms with E-state index < -0.39 is 0 Å². The van der Waals surface area contributed by atoms with Crippen LogP contribution in [-0.4, -0.2) is 68.3 Å². The molecular formula is C13H27N3O. The smallest absolute Gasteiger partial charge is 0.0743 e. The highest BCUT2D eigenvalue weighted by Gasteiger charge is 2.38. The van der Waals surface area contributed by atoms with Gasteiger partial charge < -0.3 is 15.4 Å². The summed E-state index contributed by atoms with van der Waals surface area (Å²) in [5, 5.41) is 0.